The monoisotopic (exact) mass is 335 g/mol. The lowest BCUT2D eigenvalue weighted by atomic mass is 9.59. The van der Waals surface area contributed by atoms with E-state index in [0.29, 0.717) is 11.7 Å². The van der Waals surface area contributed by atoms with Crippen molar-refractivity contribution in [2.75, 3.05) is 13.1 Å². The van der Waals surface area contributed by atoms with E-state index in [0.717, 1.165) is 12.5 Å². The average molecular weight is 336 g/mol. The molecule has 1 saturated heterocycles. The number of allylic oxidation sites excluding steroid dienone is 1. The van der Waals surface area contributed by atoms with Gasteiger partial charge in [0.05, 0.1) is 19.1 Å². The molecule has 3 heteroatoms. The first kappa shape index (κ1) is 18.4. The van der Waals surface area contributed by atoms with E-state index in [4.69, 9.17) is 0 Å². The predicted molar refractivity (Wildman–Crippen MR) is 91.5 cm³/mol. The highest BCUT2D eigenvalue weighted by Crippen LogP contribution is 2.45. The Hall–Kier alpha value is -0.990. The number of likely N-dealkylation sites (tertiary alicyclic amines) is 1. The summed E-state index contributed by atoms with van der Waals surface area (Å²) in [5.74, 6) is 1.11. The van der Waals surface area contributed by atoms with Gasteiger partial charge in [-0.05, 0) is 42.5 Å². The van der Waals surface area contributed by atoms with Crippen molar-refractivity contribution in [3.63, 3.8) is 0 Å². The van der Waals surface area contributed by atoms with Crippen LogP contribution in [0, 0.1) is 5.92 Å². The van der Waals surface area contributed by atoms with Gasteiger partial charge in [0.15, 0.2) is 0 Å². The largest absolute Gasteiger partial charge is 1.00 e. The van der Waals surface area contributed by atoms with Gasteiger partial charge in [0.1, 0.15) is 5.75 Å². The molecule has 23 heavy (non-hydrogen) atoms. The van der Waals surface area contributed by atoms with Crippen LogP contribution in [0.4, 0.5) is 0 Å². The molecule has 1 fully saturated rings. The van der Waals surface area contributed by atoms with Crippen LogP contribution in [0.2, 0.25) is 0 Å². The molecular weight excluding hydrogens is 306 g/mol. The number of hydrogen-bond acceptors (Lipinski definition) is 1. The maximum absolute atomic E-state index is 9.89. The lowest BCUT2D eigenvalue weighted by Crippen LogP contribution is -3.18. The number of halogens is 1. The van der Waals surface area contributed by atoms with Crippen LogP contribution in [0.25, 0.3) is 0 Å². The molecule has 1 heterocycles. The first-order chi connectivity index (χ1) is 10.6. The molecule has 2 N–H and O–H groups in total. The minimum atomic E-state index is 0. The summed E-state index contributed by atoms with van der Waals surface area (Å²) in [4.78, 5) is 1.80. The molecule has 4 atom stereocenters. The molecule has 2 nitrogen and oxygen atoms in total. The molecule has 3 rings (SSSR count). The minimum absolute atomic E-state index is 0. The number of nitrogens with one attached hydrogen (secondary N) is 1. The van der Waals surface area contributed by atoms with Crippen LogP contribution in [0.1, 0.15) is 50.7 Å². The van der Waals surface area contributed by atoms with E-state index in [2.05, 4.69) is 26.5 Å². The van der Waals surface area contributed by atoms with Crippen LogP contribution < -0.4 is 17.3 Å². The van der Waals surface area contributed by atoms with Crippen molar-refractivity contribution < 1.29 is 22.4 Å². The lowest BCUT2D eigenvalue weighted by Gasteiger charge is -2.52. The van der Waals surface area contributed by atoms with E-state index in [9.17, 15) is 5.11 Å². The number of benzene rings is 1. The Balaban J connectivity index is 0.00000192. The van der Waals surface area contributed by atoms with Crippen molar-refractivity contribution in [2.45, 2.75) is 57.4 Å². The summed E-state index contributed by atoms with van der Waals surface area (Å²) >= 11 is 0. The van der Waals surface area contributed by atoms with Gasteiger partial charge in [-0.15, -0.1) is 6.58 Å². The number of unbranched alkanes of at least 4 members (excludes halogenated alkanes) is 2. The first-order valence-electron chi connectivity index (χ1n) is 8.84. The zero-order chi connectivity index (χ0) is 15.7. The van der Waals surface area contributed by atoms with Crippen molar-refractivity contribution in [1.82, 2.24) is 0 Å². The Kier molecular flexibility index (Phi) is 5.80. The summed E-state index contributed by atoms with van der Waals surface area (Å²) in [5, 5.41) is 9.89. The molecule has 1 unspecified atom stereocenters. The number of rotatable bonds is 5. The highest BCUT2D eigenvalue weighted by molar-refractivity contribution is 5.43. The number of hydrogen-bond donors (Lipinski definition) is 2. The zero-order valence-corrected chi connectivity index (χ0v) is 15.2. The lowest BCUT2D eigenvalue weighted by molar-refractivity contribution is -0.937. The van der Waals surface area contributed by atoms with Crippen molar-refractivity contribution in [2.24, 2.45) is 5.92 Å². The Morgan fingerprint density at radius 1 is 1.39 bits per heavy atom. The topological polar surface area (TPSA) is 24.7 Å². The third kappa shape index (κ3) is 3.29. The Morgan fingerprint density at radius 2 is 2.17 bits per heavy atom. The molecule has 1 aliphatic carbocycles. The summed E-state index contributed by atoms with van der Waals surface area (Å²) < 4.78 is 0. The van der Waals surface area contributed by atoms with Gasteiger partial charge in [0.2, 0.25) is 0 Å². The fraction of sp³-hybridized carbons (Fsp3) is 0.600. The number of aromatic hydroxyl groups is 1. The van der Waals surface area contributed by atoms with Gasteiger partial charge in [-0.1, -0.05) is 26.0 Å². The van der Waals surface area contributed by atoms with E-state index < -0.39 is 0 Å². The molecule has 128 valence electrons. The normalized spacial score (nSPS) is 31.8. The van der Waals surface area contributed by atoms with Gasteiger partial charge in [0.25, 0.3) is 0 Å². The molecule has 2 aliphatic rings. The minimum Gasteiger partial charge on any atom is -1.00 e. The van der Waals surface area contributed by atoms with E-state index in [1.54, 1.807) is 4.90 Å². The van der Waals surface area contributed by atoms with Crippen LogP contribution in [0.15, 0.2) is 30.9 Å². The first-order valence-corrected chi connectivity index (χ1v) is 8.84. The van der Waals surface area contributed by atoms with Crippen LogP contribution in [0.3, 0.4) is 0 Å². The summed E-state index contributed by atoms with van der Waals surface area (Å²) in [6.45, 7) is 11.2. The Bertz CT molecular complexity index is 559. The maximum atomic E-state index is 9.89. The second-order valence-corrected chi connectivity index (χ2v) is 7.55. The average Bonchev–Trinajstić information content (AvgIpc) is 2.50. The van der Waals surface area contributed by atoms with Gasteiger partial charge < -0.3 is 22.4 Å². The van der Waals surface area contributed by atoms with Crippen molar-refractivity contribution >= 4 is 0 Å². The molecule has 1 aromatic rings. The number of quaternary nitrogens is 1. The second kappa shape index (κ2) is 7.27. The molecule has 0 saturated carbocycles. The van der Waals surface area contributed by atoms with E-state index in [1.165, 1.54) is 49.9 Å². The fourth-order valence-electron chi connectivity index (χ4n) is 4.79. The highest BCUT2D eigenvalue weighted by Gasteiger charge is 2.50. The second-order valence-electron chi connectivity index (χ2n) is 7.55. The smallest absolute Gasteiger partial charge is 0.115 e. The van der Waals surface area contributed by atoms with Gasteiger partial charge in [-0.2, -0.15) is 0 Å². The summed E-state index contributed by atoms with van der Waals surface area (Å²) in [7, 11) is 0. The maximum Gasteiger partial charge on any atom is 0.115 e. The van der Waals surface area contributed by atoms with Crippen LogP contribution in [-0.2, 0) is 11.8 Å². The molecule has 0 amide bonds. The van der Waals surface area contributed by atoms with Crippen molar-refractivity contribution in [3.8, 4) is 5.75 Å². The zero-order valence-electron chi connectivity index (χ0n) is 14.4. The van der Waals surface area contributed by atoms with Gasteiger partial charge >= 0.3 is 0 Å². The molecule has 2 bridgehead atoms. The van der Waals surface area contributed by atoms with E-state index >= 15 is 0 Å². The molecular formula is C20H30ClNO. The number of fused-ring (bicyclic) bond motifs is 4. The summed E-state index contributed by atoms with van der Waals surface area (Å²) in [6, 6.07) is 6.77. The van der Waals surface area contributed by atoms with Crippen LogP contribution >= 0.6 is 0 Å². The molecule has 1 aliphatic heterocycles. The Morgan fingerprint density at radius 3 is 2.91 bits per heavy atom. The van der Waals surface area contributed by atoms with Crippen molar-refractivity contribution in [3.05, 3.63) is 42.0 Å². The fourth-order valence-corrected chi connectivity index (χ4v) is 4.79. The molecule has 0 radical (unpaired) electrons. The SMILES string of the molecule is C=CCCCC[NH+]1CC[C@]2(C)c3cc(O)ccc3C[C@H]1[C@H]2C.[Cl-]. The molecule has 1 aromatic carbocycles. The molecule has 0 aromatic heterocycles. The standard InChI is InChI=1S/C20H29NO.ClH/c1-4-5-6-7-11-21-12-10-20(3)15(2)19(21)13-16-8-9-17(22)14-18(16)20;/h4,8-9,14-15,19,22H,1,5-7,10-13H2,2-3H3;1H/t15-,19+,20+;/m1./s1. The summed E-state index contributed by atoms with van der Waals surface area (Å²) in [5.41, 5.74) is 3.11. The quantitative estimate of drug-likeness (QED) is 0.568. The van der Waals surface area contributed by atoms with E-state index in [1.807, 2.05) is 18.2 Å². The van der Waals surface area contributed by atoms with E-state index in [-0.39, 0.29) is 17.8 Å². The molecule has 0 spiro atoms. The van der Waals surface area contributed by atoms with Crippen LogP contribution in [0.5, 0.6) is 5.75 Å². The van der Waals surface area contributed by atoms with Gasteiger partial charge in [-0.25, -0.2) is 0 Å². The third-order valence-electron chi connectivity index (χ3n) is 6.40. The van der Waals surface area contributed by atoms with Gasteiger partial charge in [-0.3, -0.25) is 0 Å². The van der Waals surface area contributed by atoms with Crippen LogP contribution in [-0.4, -0.2) is 24.2 Å². The number of phenolic OH excluding ortho intramolecular Hbond substituents is 1. The van der Waals surface area contributed by atoms with Gasteiger partial charge in [0, 0.05) is 24.2 Å². The number of piperidine rings is 1. The predicted octanol–water partition coefficient (Wildman–Crippen LogP) is -0.140. The number of phenols is 1. The highest BCUT2D eigenvalue weighted by atomic mass is 35.5. The van der Waals surface area contributed by atoms with Crippen molar-refractivity contribution in [1.29, 1.82) is 0 Å². The third-order valence-corrected chi connectivity index (χ3v) is 6.40. The summed E-state index contributed by atoms with van der Waals surface area (Å²) in [6.07, 6.45) is 8.17. The Labute approximate surface area is 147 Å².